The Bertz CT molecular complexity index is 1500. The number of hydrogen-bond acceptors (Lipinski definition) is 9. The number of azide groups is 1. The van der Waals surface area contributed by atoms with Crippen molar-refractivity contribution in [2.24, 2.45) is 10.1 Å². The molecule has 230 valence electrons. The molecular formula is C32H36N6O6. The Kier molecular flexibility index (Phi) is 10.3. The van der Waals surface area contributed by atoms with Gasteiger partial charge in [-0.2, -0.15) is 0 Å². The lowest BCUT2D eigenvalue weighted by Gasteiger charge is -2.35. The number of carbonyl (C=O) groups excluding carboxylic acids is 1. The van der Waals surface area contributed by atoms with Crippen LogP contribution in [-0.2, 0) is 27.2 Å². The van der Waals surface area contributed by atoms with Gasteiger partial charge in [-0.25, -0.2) is 10.0 Å². The van der Waals surface area contributed by atoms with Crippen LogP contribution in [0.15, 0.2) is 82.9 Å². The highest BCUT2D eigenvalue weighted by Gasteiger charge is 2.54. The van der Waals surface area contributed by atoms with Gasteiger partial charge in [-0.3, -0.25) is 10.2 Å². The Morgan fingerprint density at radius 2 is 1.89 bits per heavy atom. The number of benzene rings is 3. The van der Waals surface area contributed by atoms with E-state index in [1.54, 1.807) is 7.11 Å². The average Bonchev–Trinajstić information content (AvgIpc) is 3.46. The molecule has 2 aliphatic heterocycles. The second kappa shape index (κ2) is 14.7. The molecule has 2 heterocycles. The van der Waals surface area contributed by atoms with Crippen molar-refractivity contribution in [2.75, 3.05) is 46.6 Å². The molecular weight excluding hydrogens is 564 g/mol. The van der Waals surface area contributed by atoms with Crippen molar-refractivity contribution in [3.8, 4) is 11.5 Å². The summed E-state index contributed by atoms with van der Waals surface area (Å²) in [7, 11) is 1.59. The Balaban J connectivity index is 1.60. The topological polar surface area (TPSA) is 151 Å². The van der Waals surface area contributed by atoms with Gasteiger partial charge in [0.2, 0.25) is 5.90 Å². The largest absolute Gasteiger partial charge is 0.497 e. The summed E-state index contributed by atoms with van der Waals surface area (Å²) in [5, 5.41) is 14.7. The number of rotatable bonds is 13. The van der Waals surface area contributed by atoms with Gasteiger partial charge < -0.3 is 24.1 Å². The van der Waals surface area contributed by atoms with Crippen LogP contribution in [0.25, 0.3) is 10.4 Å². The summed E-state index contributed by atoms with van der Waals surface area (Å²) < 4.78 is 23.3. The van der Waals surface area contributed by atoms with Crippen molar-refractivity contribution >= 4 is 11.8 Å². The summed E-state index contributed by atoms with van der Waals surface area (Å²) in [6.45, 7) is 2.65. The Labute approximate surface area is 255 Å². The van der Waals surface area contributed by atoms with E-state index in [1.807, 2.05) is 77.8 Å². The Morgan fingerprint density at radius 1 is 1.11 bits per heavy atom. The predicted octanol–water partition coefficient (Wildman–Crippen LogP) is 4.13. The van der Waals surface area contributed by atoms with Crippen LogP contribution in [0, 0.1) is 0 Å². The van der Waals surface area contributed by atoms with E-state index < -0.39 is 11.6 Å². The van der Waals surface area contributed by atoms with Crippen molar-refractivity contribution in [1.29, 1.82) is 0 Å². The molecule has 1 amide bonds. The van der Waals surface area contributed by atoms with Crippen LogP contribution in [0.5, 0.6) is 11.5 Å². The molecule has 3 aromatic rings. The minimum absolute atomic E-state index is 0.0506. The number of hydrazine groups is 1. The van der Waals surface area contributed by atoms with Gasteiger partial charge in [-0.15, -0.1) is 0 Å². The fourth-order valence-electron chi connectivity index (χ4n) is 5.28. The van der Waals surface area contributed by atoms with Gasteiger partial charge in [0.1, 0.15) is 11.5 Å². The molecule has 5 rings (SSSR count). The highest BCUT2D eigenvalue weighted by molar-refractivity contribution is 6.01. The molecule has 0 radical (unpaired) electrons. The molecule has 12 nitrogen and oxygen atoms in total. The minimum atomic E-state index is -1.44. The van der Waals surface area contributed by atoms with E-state index in [4.69, 9.17) is 34.6 Å². The van der Waals surface area contributed by atoms with Crippen molar-refractivity contribution in [2.45, 2.75) is 31.0 Å². The van der Waals surface area contributed by atoms with Crippen molar-refractivity contribution in [3.63, 3.8) is 0 Å². The van der Waals surface area contributed by atoms with Gasteiger partial charge in [0, 0.05) is 43.0 Å². The number of aliphatic hydroxyl groups is 1. The summed E-state index contributed by atoms with van der Waals surface area (Å²) in [6.07, 6.45) is -0.114. The first-order valence-corrected chi connectivity index (χ1v) is 14.5. The number of nitrogens with zero attached hydrogens (tertiary/aromatic N) is 5. The van der Waals surface area contributed by atoms with Crippen molar-refractivity contribution in [3.05, 3.63) is 105 Å². The lowest BCUT2D eigenvalue weighted by atomic mass is 9.81. The molecule has 44 heavy (non-hydrogen) atoms. The van der Waals surface area contributed by atoms with E-state index in [1.165, 1.54) is 0 Å². The number of methoxy groups -OCH3 is 1. The van der Waals surface area contributed by atoms with Crippen LogP contribution in [0.4, 0.5) is 0 Å². The standard InChI is InChI=1S/C32H36N6O6/c1-41-28-9-4-8-24(20-28)29-32(31(40)36-38-14-18-42-19-15-38,21-25-6-2-3-7-26(25)22-34-37-33)35-30(44-29)23-10-12-27(13-11-23)43-17-5-16-39/h2-4,6-13,20,29,39H,5,14-19,21-22H2,1H3,(H,36,40)/t29-,32-/m0/s1. The fourth-order valence-corrected chi connectivity index (χ4v) is 5.28. The Hall–Kier alpha value is -4.61. The van der Waals surface area contributed by atoms with Gasteiger partial charge in [0.25, 0.3) is 5.91 Å². The lowest BCUT2D eigenvalue weighted by molar-refractivity contribution is -0.136. The van der Waals surface area contributed by atoms with E-state index in [0.29, 0.717) is 62.3 Å². The number of morpholine rings is 1. The highest BCUT2D eigenvalue weighted by atomic mass is 16.5. The van der Waals surface area contributed by atoms with E-state index in [-0.39, 0.29) is 25.5 Å². The van der Waals surface area contributed by atoms with E-state index in [9.17, 15) is 4.79 Å². The molecule has 12 heteroatoms. The molecule has 0 aromatic heterocycles. The lowest BCUT2D eigenvalue weighted by Crippen LogP contribution is -2.57. The SMILES string of the molecule is COc1cccc([C@@H]2OC(c3ccc(OCCCO)cc3)=N[C@]2(Cc2ccccc2CN=[N+]=[N-])C(=O)NN2CCOCC2)c1. The number of nitrogens with one attached hydrogen (secondary N) is 1. The van der Waals surface area contributed by atoms with Gasteiger partial charge in [0.05, 0.1) is 33.5 Å². The number of ether oxygens (including phenoxy) is 4. The smallest absolute Gasteiger partial charge is 0.266 e. The third kappa shape index (κ3) is 7.12. The van der Waals surface area contributed by atoms with Crippen LogP contribution in [0.1, 0.15) is 34.8 Å². The van der Waals surface area contributed by atoms with Gasteiger partial charge in [-0.05, 0) is 58.6 Å². The van der Waals surface area contributed by atoms with E-state index >= 15 is 0 Å². The molecule has 2 aliphatic rings. The molecule has 0 unspecified atom stereocenters. The maximum absolute atomic E-state index is 14.5. The fraction of sp³-hybridized carbons (Fsp3) is 0.375. The molecule has 0 aliphatic carbocycles. The Morgan fingerprint density at radius 3 is 2.61 bits per heavy atom. The maximum atomic E-state index is 14.5. The monoisotopic (exact) mass is 600 g/mol. The first kappa shape index (κ1) is 30.8. The van der Waals surface area contributed by atoms with Crippen LogP contribution in [0.2, 0.25) is 0 Å². The number of aliphatic imine (C=N–C) groups is 1. The first-order chi connectivity index (χ1) is 21.6. The quantitative estimate of drug-likeness (QED) is 0.130. The zero-order valence-corrected chi connectivity index (χ0v) is 24.6. The van der Waals surface area contributed by atoms with Crippen LogP contribution < -0.4 is 14.9 Å². The number of carbonyl (C=O) groups is 1. The van der Waals surface area contributed by atoms with Crippen molar-refractivity contribution < 1.29 is 28.8 Å². The van der Waals surface area contributed by atoms with Gasteiger partial charge in [-0.1, -0.05) is 41.5 Å². The average molecular weight is 601 g/mol. The van der Waals surface area contributed by atoms with E-state index in [2.05, 4.69) is 15.5 Å². The summed E-state index contributed by atoms with van der Waals surface area (Å²) >= 11 is 0. The molecule has 3 aromatic carbocycles. The van der Waals surface area contributed by atoms with Crippen LogP contribution >= 0.6 is 0 Å². The van der Waals surface area contributed by atoms with Crippen LogP contribution in [-0.4, -0.2) is 74.1 Å². The van der Waals surface area contributed by atoms with Gasteiger partial charge >= 0.3 is 0 Å². The number of aliphatic hydroxyl groups excluding tert-OH is 1. The normalized spacial score (nSPS) is 19.8. The second-order valence-electron chi connectivity index (χ2n) is 10.4. The summed E-state index contributed by atoms with van der Waals surface area (Å²) in [6, 6.07) is 22.3. The molecule has 2 N–H and O–H groups in total. The zero-order valence-electron chi connectivity index (χ0n) is 24.6. The molecule has 0 spiro atoms. The zero-order chi connectivity index (χ0) is 30.8. The first-order valence-electron chi connectivity index (χ1n) is 14.5. The maximum Gasteiger partial charge on any atom is 0.266 e. The summed E-state index contributed by atoms with van der Waals surface area (Å²) in [5.41, 5.74) is 13.7. The molecule has 1 fully saturated rings. The third-order valence-electron chi connectivity index (χ3n) is 7.58. The third-order valence-corrected chi connectivity index (χ3v) is 7.58. The van der Waals surface area contributed by atoms with Gasteiger partial charge in [0.15, 0.2) is 11.6 Å². The predicted molar refractivity (Wildman–Crippen MR) is 163 cm³/mol. The number of hydrogen-bond donors (Lipinski definition) is 2. The number of amides is 1. The highest BCUT2D eigenvalue weighted by Crippen LogP contribution is 2.43. The van der Waals surface area contributed by atoms with E-state index in [0.717, 1.165) is 16.7 Å². The molecule has 0 bridgehead atoms. The van der Waals surface area contributed by atoms with Crippen LogP contribution in [0.3, 0.4) is 0 Å². The van der Waals surface area contributed by atoms with Crippen molar-refractivity contribution in [1.82, 2.24) is 10.4 Å². The summed E-state index contributed by atoms with van der Waals surface area (Å²) in [5.74, 6) is 1.25. The summed E-state index contributed by atoms with van der Waals surface area (Å²) in [4.78, 5) is 22.6. The molecule has 2 atom stereocenters. The molecule has 0 saturated carbocycles. The molecule has 1 saturated heterocycles. The minimum Gasteiger partial charge on any atom is -0.497 e. The second-order valence-corrected chi connectivity index (χ2v) is 10.4.